The molecule has 0 atom stereocenters. The van der Waals surface area contributed by atoms with Gasteiger partial charge in [0.05, 0.1) is 5.69 Å². The highest BCUT2D eigenvalue weighted by Gasteiger charge is 2.19. The van der Waals surface area contributed by atoms with Crippen LogP contribution in [-0.4, -0.2) is 36.8 Å². The molecule has 2 heterocycles. The molecule has 0 unspecified atom stereocenters. The molecule has 0 radical (unpaired) electrons. The summed E-state index contributed by atoms with van der Waals surface area (Å²) in [7, 11) is 2.17. The van der Waals surface area contributed by atoms with Crippen molar-refractivity contribution in [3.05, 3.63) is 24.0 Å². The molecule has 0 amide bonds. The summed E-state index contributed by atoms with van der Waals surface area (Å²) in [6.07, 6.45) is 4.12. The van der Waals surface area contributed by atoms with Crippen LogP contribution in [0.25, 0.3) is 0 Å². The van der Waals surface area contributed by atoms with Crippen LogP contribution in [0.3, 0.4) is 0 Å². The van der Waals surface area contributed by atoms with Gasteiger partial charge in [-0.1, -0.05) is 0 Å². The van der Waals surface area contributed by atoms with Crippen LogP contribution in [0.4, 0.5) is 5.69 Å². The van der Waals surface area contributed by atoms with Crippen LogP contribution in [0.15, 0.2) is 18.3 Å². The lowest BCUT2D eigenvalue weighted by atomic mass is 10.1. The number of pyridine rings is 1. The van der Waals surface area contributed by atoms with Gasteiger partial charge in [0.1, 0.15) is 0 Å². The van der Waals surface area contributed by atoms with Crippen LogP contribution in [0.5, 0.6) is 0 Å². The molecular formula is C16H27N3O. The predicted molar refractivity (Wildman–Crippen MR) is 83.1 cm³/mol. The summed E-state index contributed by atoms with van der Waals surface area (Å²) in [6.45, 7) is 9.07. The van der Waals surface area contributed by atoms with E-state index in [9.17, 15) is 0 Å². The van der Waals surface area contributed by atoms with Crippen molar-refractivity contribution in [1.29, 1.82) is 0 Å². The molecule has 0 saturated carbocycles. The third-order valence-electron chi connectivity index (χ3n) is 3.75. The van der Waals surface area contributed by atoms with Gasteiger partial charge in [-0.05, 0) is 45.7 Å². The Bertz CT molecular complexity index is 422. The van der Waals surface area contributed by atoms with Crippen molar-refractivity contribution < 1.29 is 4.74 Å². The zero-order valence-corrected chi connectivity index (χ0v) is 13.1. The van der Waals surface area contributed by atoms with Gasteiger partial charge in [0.2, 0.25) is 0 Å². The summed E-state index contributed by atoms with van der Waals surface area (Å²) >= 11 is 0. The molecule has 0 spiro atoms. The normalized spacial score (nSPS) is 17.2. The van der Waals surface area contributed by atoms with Crippen molar-refractivity contribution >= 4 is 5.69 Å². The van der Waals surface area contributed by atoms with Crippen LogP contribution in [-0.2, 0) is 11.3 Å². The van der Waals surface area contributed by atoms with E-state index in [1.54, 1.807) is 0 Å². The number of hydrogen-bond acceptors (Lipinski definition) is 4. The molecule has 20 heavy (non-hydrogen) atoms. The molecule has 1 N–H and O–H groups in total. The zero-order chi connectivity index (χ0) is 14.6. The first-order valence-electron chi connectivity index (χ1n) is 7.46. The summed E-state index contributed by atoms with van der Waals surface area (Å²) in [6, 6.07) is 4.86. The van der Waals surface area contributed by atoms with Crippen molar-refractivity contribution in [2.75, 3.05) is 25.2 Å². The Morgan fingerprint density at radius 1 is 1.35 bits per heavy atom. The fourth-order valence-electron chi connectivity index (χ4n) is 2.42. The molecule has 1 fully saturated rings. The largest absolute Gasteiger partial charge is 0.381 e. The molecule has 112 valence electrons. The van der Waals surface area contributed by atoms with E-state index in [-0.39, 0.29) is 5.54 Å². The Kier molecular flexibility index (Phi) is 5.00. The van der Waals surface area contributed by atoms with Crippen LogP contribution < -0.4 is 10.2 Å². The van der Waals surface area contributed by atoms with Crippen LogP contribution >= 0.6 is 0 Å². The van der Waals surface area contributed by atoms with Gasteiger partial charge in [0, 0.05) is 50.3 Å². The molecular weight excluding hydrogens is 250 g/mol. The number of nitrogens with zero attached hydrogens (tertiary/aromatic N) is 2. The Balaban J connectivity index is 2.01. The summed E-state index contributed by atoms with van der Waals surface area (Å²) in [5, 5.41) is 3.48. The molecule has 4 nitrogen and oxygen atoms in total. The fourth-order valence-corrected chi connectivity index (χ4v) is 2.42. The first kappa shape index (κ1) is 15.3. The first-order valence-corrected chi connectivity index (χ1v) is 7.46. The quantitative estimate of drug-likeness (QED) is 0.918. The number of nitrogens with one attached hydrogen (secondary N) is 1. The molecule has 0 aromatic carbocycles. The van der Waals surface area contributed by atoms with Gasteiger partial charge in [-0.25, -0.2) is 0 Å². The second kappa shape index (κ2) is 6.55. The third-order valence-corrected chi connectivity index (χ3v) is 3.75. The molecule has 1 aromatic heterocycles. The molecule has 1 aliphatic rings. The van der Waals surface area contributed by atoms with E-state index in [1.807, 2.05) is 6.20 Å². The van der Waals surface area contributed by atoms with Gasteiger partial charge in [0.15, 0.2) is 0 Å². The van der Waals surface area contributed by atoms with E-state index in [0.717, 1.165) is 38.3 Å². The summed E-state index contributed by atoms with van der Waals surface area (Å²) in [4.78, 5) is 6.82. The minimum absolute atomic E-state index is 0.115. The molecule has 1 aliphatic heterocycles. The SMILES string of the molecule is CN(c1ccnc(CNC(C)(C)C)c1)C1CCOCC1. The fraction of sp³-hybridized carbons (Fsp3) is 0.688. The monoisotopic (exact) mass is 277 g/mol. The number of aromatic nitrogens is 1. The molecule has 1 aromatic rings. The number of ether oxygens (including phenoxy) is 1. The highest BCUT2D eigenvalue weighted by atomic mass is 16.5. The number of anilines is 1. The van der Waals surface area contributed by atoms with Gasteiger partial charge in [-0.2, -0.15) is 0 Å². The van der Waals surface area contributed by atoms with Gasteiger partial charge < -0.3 is 15.0 Å². The summed E-state index contributed by atoms with van der Waals surface area (Å²) in [5.74, 6) is 0. The average molecular weight is 277 g/mol. The van der Waals surface area contributed by atoms with E-state index in [2.05, 4.69) is 55.2 Å². The minimum Gasteiger partial charge on any atom is -0.381 e. The van der Waals surface area contributed by atoms with Gasteiger partial charge in [-0.3, -0.25) is 4.98 Å². The second-order valence-corrected chi connectivity index (χ2v) is 6.56. The van der Waals surface area contributed by atoms with Crippen molar-refractivity contribution in [1.82, 2.24) is 10.3 Å². The van der Waals surface area contributed by atoms with Crippen molar-refractivity contribution in [2.45, 2.75) is 51.7 Å². The highest BCUT2D eigenvalue weighted by Crippen LogP contribution is 2.21. The average Bonchev–Trinajstić information content (AvgIpc) is 2.45. The van der Waals surface area contributed by atoms with Gasteiger partial charge >= 0.3 is 0 Å². The number of rotatable bonds is 4. The van der Waals surface area contributed by atoms with Crippen LogP contribution in [0, 0.1) is 0 Å². The van der Waals surface area contributed by atoms with E-state index >= 15 is 0 Å². The summed E-state index contributed by atoms with van der Waals surface area (Å²) < 4.78 is 5.44. The van der Waals surface area contributed by atoms with Crippen molar-refractivity contribution in [3.63, 3.8) is 0 Å². The maximum atomic E-state index is 5.44. The second-order valence-electron chi connectivity index (χ2n) is 6.56. The lowest BCUT2D eigenvalue weighted by Gasteiger charge is -2.33. The number of hydrogen-bond donors (Lipinski definition) is 1. The van der Waals surface area contributed by atoms with Gasteiger partial charge in [0.25, 0.3) is 0 Å². The van der Waals surface area contributed by atoms with Crippen molar-refractivity contribution in [3.8, 4) is 0 Å². The van der Waals surface area contributed by atoms with E-state index in [4.69, 9.17) is 4.74 Å². The Morgan fingerprint density at radius 3 is 2.70 bits per heavy atom. The summed E-state index contributed by atoms with van der Waals surface area (Å²) in [5.41, 5.74) is 2.46. The predicted octanol–water partition coefficient (Wildman–Crippen LogP) is 2.58. The maximum absolute atomic E-state index is 5.44. The van der Waals surface area contributed by atoms with E-state index in [1.165, 1.54) is 5.69 Å². The Hall–Kier alpha value is -1.13. The third kappa shape index (κ3) is 4.46. The molecule has 0 aliphatic carbocycles. The van der Waals surface area contributed by atoms with E-state index in [0.29, 0.717) is 6.04 Å². The van der Waals surface area contributed by atoms with E-state index < -0.39 is 0 Å². The lowest BCUT2D eigenvalue weighted by molar-refractivity contribution is 0.0855. The minimum atomic E-state index is 0.115. The standard InChI is InChI=1S/C16H27N3O/c1-16(2,3)18-12-13-11-15(5-8-17-13)19(4)14-6-9-20-10-7-14/h5,8,11,14,18H,6-7,9-10,12H2,1-4H3. The van der Waals surface area contributed by atoms with Crippen LogP contribution in [0.1, 0.15) is 39.3 Å². The topological polar surface area (TPSA) is 37.4 Å². The first-order chi connectivity index (χ1) is 9.46. The van der Waals surface area contributed by atoms with Crippen molar-refractivity contribution in [2.24, 2.45) is 0 Å². The lowest BCUT2D eigenvalue weighted by Crippen LogP contribution is -2.37. The highest BCUT2D eigenvalue weighted by molar-refractivity contribution is 5.46. The van der Waals surface area contributed by atoms with Gasteiger partial charge in [-0.15, -0.1) is 0 Å². The zero-order valence-electron chi connectivity index (χ0n) is 13.1. The van der Waals surface area contributed by atoms with Crippen LogP contribution in [0.2, 0.25) is 0 Å². The smallest absolute Gasteiger partial charge is 0.0562 e. The molecule has 4 heteroatoms. The molecule has 0 bridgehead atoms. The Labute approximate surface area is 122 Å². The Morgan fingerprint density at radius 2 is 2.05 bits per heavy atom. The molecule has 1 saturated heterocycles. The molecule has 2 rings (SSSR count). The maximum Gasteiger partial charge on any atom is 0.0562 e.